The minimum absolute atomic E-state index is 0.877. The number of aromatic nitrogens is 3. The first-order valence-corrected chi connectivity index (χ1v) is 12.3. The van der Waals surface area contributed by atoms with Gasteiger partial charge < -0.3 is 0 Å². The van der Waals surface area contributed by atoms with Gasteiger partial charge in [-0.2, -0.15) is 0 Å². The third kappa shape index (κ3) is 3.56. The lowest BCUT2D eigenvalue weighted by atomic mass is 10.0. The van der Waals surface area contributed by atoms with Gasteiger partial charge in [0.25, 0.3) is 0 Å². The van der Waals surface area contributed by atoms with Crippen molar-refractivity contribution in [3.05, 3.63) is 115 Å². The molecule has 4 heteroatoms. The molecule has 35 heavy (non-hydrogen) atoms. The molecule has 0 radical (unpaired) electrons. The van der Waals surface area contributed by atoms with Crippen LogP contribution >= 0.6 is 11.3 Å². The minimum atomic E-state index is 0.877. The largest absolute Gasteiger partial charge is 0.255 e. The maximum atomic E-state index is 4.98. The van der Waals surface area contributed by atoms with Crippen LogP contribution in [0.25, 0.3) is 65.0 Å². The van der Waals surface area contributed by atoms with Crippen LogP contribution in [-0.4, -0.2) is 15.0 Å². The molecule has 0 saturated carbocycles. The van der Waals surface area contributed by atoms with E-state index in [0.29, 0.717) is 0 Å². The number of thiophene rings is 1. The molecule has 7 rings (SSSR count). The topological polar surface area (TPSA) is 38.7 Å². The molecule has 0 N–H and O–H groups in total. The van der Waals surface area contributed by atoms with Gasteiger partial charge in [-0.25, -0.2) is 9.97 Å². The van der Waals surface area contributed by atoms with Crippen molar-refractivity contribution in [3.63, 3.8) is 0 Å². The van der Waals surface area contributed by atoms with E-state index in [1.165, 1.54) is 25.9 Å². The van der Waals surface area contributed by atoms with Gasteiger partial charge in [0.15, 0.2) is 0 Å². The van der Waals surface area contributed by atoms with Crippen LogP contribution in [0.4, 0.5) is 0 Å². The molecule has 0 atom stereocenters. The lowest BCUT2D eigenvalue weighted by Crippen LogP contribution is -1.90. The molecule has 3 aromatic carbocycles. The molecule has 0 aliphatic rings. The fraction of sp³-hybridized carbons (Fsp3) is 0. The molecule has 0 bridgehead atoms. The predicted octanol–water partition coefficient (Wildman–Crippen LogP) is 8.39. The average Bonchev–Trinajstić information content (AvgIpc) is 3.29. The molecule has 0 saturated heterocycles. The van der Waals surface area contributed by atoms with E-state index in [2.05, 4.69) is 77.8 Å². The third-order valence-corrected chi connectivity index (χ3v) is 7.44. The Morgan fingerprint density at radius 1 is 0.514 bits per heavy atom. The molecule has 0 fully saturated rings. The minimum Gasteiger partial charge on any atom is -0.255 e. The molecule has 0 aliphatic carbocycles. The van der Waals surface area contributed by atoms with Crippen LogP contribution in [0.5, 0.6) is 0 Å². The Hall–Kier alpha value is -4.41. The van der Waals surface area contributed by atoms with Gasteiger partial charge in [0.05, 0.1) is 32.8 Å². The van der Waals surface area contributed by atoms with E-state index in [9.17, 15) is 0 Å². The standard InChI is InChI=1S/C31H19N3S/c1-2-10-29-24(6-1)31-30(35-29)19-23-18-22(15-16-26(23)34-31)20-11-13-21(14-12-20)25-8-5-9-28(33-25)27-7-3-4-17-32-27/h1-19H. The Bertz CT molecular complexity index is 1840. The molecule has 0 unspecified atom stereocenters. The first-order valence-electron chi connectivity index (χ1n) is 11.5. The second kappa shape index (κ2) is 8.12. The molecule has 0 amide bonds. The molecule has 4 aromatic heterocycles. The number of hydrogen-bond donors (Lipinski definition) is 0. The van der Waals surface area contributed by atoms with E-state index < -0.39 is 0 Å². The van der Waals surface area contributed by atoms with E-state index in [1.807, 2.05) is 36.4 Å². The van der Waals surface area contributed by atoms with Gasteiger partial charge in [0.2, 0.25) is 0 Å². The second-order valence-electron chi connectivity index (χ2n) is 8.54. The summed E-state index contributed by atoms with van der Waals surface area (Å²) in [5.74, 6) is 0. The number of fused-ring (bicyclic) bond motifs is 4. The van der Waals surface area contributed by atoms with Gasteiger partial charge in [0.1, 0.15) is 0 Å². The Balaban J connectivity index is 1.24. The Morgan fingerprint density at radius 2 is 1.29 bits per heavy atom. The first kappa shape index (κ1) is 20.0. The molecule has 7 aromatic rings. The van der Waals surface area contributed by atoms with E-state index in [0.717, 1.165) is 39.1 Å². The highest BCUT2D eigenvalue weighted by molar-refractivity contribution is 7.25. The normalized spacial score (nSPS) is 11.4. The van der Waals surface area contributed by atoms with Gasteiger partial charge >= 0.3 is 0 Å². The van der Waals surface area contributed by atoms with E-state index >= 15 is 0 Å². The highest BCUT2D eigenvalue weighted by Crippen LogP contribution is 2.35. The summed E-state index contributed by atoms with van der Waals surface area (Å²) in [7, 11) is 0. The van der Waals surface area contributed by atoms with Gasteiger partial charge in [-0.1, -0.05) is 60.7 Å². The summed E-state index contributed by atoms with van der Waals surface area (Å²) < 4.78 is 2.51. The molecule has 4 heterocycles. The second-order valence-corrected chi connectivity index (χ2v) is 9.62. The molecule has 0 aliphatic heterocycles. The molecular formula is C31H19N3S. The van der Waals surface area contributed by atoms with Crippen LogP contribution < -0.4 is 0 Å². The molecule has 164 valence electrons. The van der Waals surface area contributed by atoms with E-state index in [1.54, 1.807) is 17.5 Å². The van der Waals surface area contributed by atoms with Crippen molar-refractivity contribution in [1.29, 1.82) is 0 Å². The highest BCUT2D eigenvalue weighted by Gasteiger charge is 2.09. The number of benzene rings is 3. The van der Waals surface area contributed by atoms with Crippen LogP contribution in [-0.2, 0) is 0 Å². The summed E-state index contributed by atoms with van der Waals surface area (Å²) in [6, 6.07) is 37.8. The third-order valence-electron chi connectivity index (χ3n) is 6.33. The highest BCUT2D eigenvalue weighted by atomic mass is 32.1. The van der Waals surface area contributed by atoms with Gasteiger partial charge in [-0.05, 0) is 59.7 Å². The fourth-order valence-corrected chi connectivity index (χ4v) is 5.66. The monoisotopic (exact) mass is 465 g/mol. The maximum Gasteiger partial charge on any atom is 0.0896 e. The first-order chi connectivity index (χ1) is 17.3. The van der Waals surface area contributed by atoms with Crippen molar-refractivity contribution in [2.24, 2.45) is 0 Å². The van der Waals surface area contributed by atoms with Gasteiger partial charge in [-0.15, -0.1) is 11.3 Å². The summed E-state index contributed by atoms with van der Waals surface area (Å²) in [6.07, 6.45) is 1.79. The van der Waals surface area contributed by atoms with Crippen LogP contribution in [0.3, 0.4) is 0 Å². The van der Waals surface area contributed by atoms with Crippen LogP contribution in [0, 0.1) is 0 Å². The van der Waals surface area contributed by atoms with Crippen molar-refractivity contribution in [2.45, 2.75) is 0 Å². The summed E-state index contributed by atoms with van der Waals surface area (Å²) in [5, 5.41) is 2.39. The number of pyridine rings is 3. The Labute approximate surface area is 206 Å². The van der Waals surface area contributed by atoms with Crippen molar-refractivity contribution >= 4 is 42.5 Å². The van der Waals surface area contributed by atoms with Crippen molar-refractivity contribution < 1.29 is 0 Å². The predicted molar refractivity (Wildman–Crippen MR) is 147 cm³/mol. The summed E-state index contributed by atoms with van der Waals surface area (Å²) in [5.41, 5.74) is 8.25. The SMILES string of the molecule is c1ccc(-c2cccc(-c3ccc(-c4ccc5nc6c(cc5c4)sc4ccccc46)cc3)n2)nc1. The number of hydrogen-bond acceptors (Lipinski definition) is 4. The van der Waals surface area contributed by atoms with Crippen molar-refractivity contribution in [3.8, 4) is 33.8 Å². The van der Waals surface area contributed by atoms with Crippen LogP contribution in [0.2, 0.25) is 0 Å². The molecular weight excluding hydrogens is 446 g/mol. The van der Waals surface area contributed by atoms with Gasteiger partial charge in [0, 0.05) is 27.2 Å². The lowest BCUT2D eigenvalue weighted by molar-refractivity contribution is 1.25. The fourth-order valence-electron chi connectivity index (χ4n) is 4.56. The zero-order valence-electron chi connectivity index (χ0n) is 18.7. The summed E-state index contributed by atoms with van der Waals surface area (Å²) in [6.45, 7) is 0. The number of nitrogens with zero attached hydrogens (tertiary/aromatic N) is 3. The van der Waals surface area contributed by atoms with E-state index in [-0.39, 0.29) is 0 Å². The summed E-state index contributed by atoms with van der Waals surface area (Å²) >= 11 is 1.80. The van der Waals surface area contributed by atoms with Crippen LogP contribution in [0.1, 0.15) is 0 Å². The molecule has 0 spiro atoms. The maximum absolute atomic E-state index is 4.98. The lowest BCUT2D eigenvalue weighted by Gasteiger charge is -2.07. The summed E-state index contributed by atoms with van der Waals surface area (Å²) in [4.78, 5) is 14.2. The van der Waals surface area contributed by atoms with Crippen molar-refractivity contribution in [1.82, 2.24) is 15.0 Å². The van der Waals surface area contributed by atoms with Crippen LogP contribution in [0.15, 0.2) is 115 Å². The Morgan fingerprint density at radius 3 is 2.17 bits per heavy atom. The van der Waals surface area contributed by atoms with Gasteiger partial charge in [-0.3, -0.25) is 4.98 Å². The number of rotatable bonds is 3. The molecule has 3 nitrogen and oxygen atoms in total. The van der Waals surface area contributed by atoms with E-state index in [4.69, 9.17) is 9.97 Å². The average molecular weight is 466 g/mol. The zero-order valence-corrected chi connectivity index (χ0v) is 19.5. The Kier molecular flexibility index (Phi) is 4.64. The quantitative estimate of drug-likeness (QED) is 0.263. The smallest absolute Gasteiger partial charge is 0.0896 e. The zero-order chi connectivity index (χ0) is 23.2. The van der Waals surface area contributed by atoms with Crippen molar-refractivity contribution in [2.75, 3.05) is 0 Å².